The van der Waals surface area contributed by atoms with Gasteiger partial charge in [0.2, 0.25) is 5.91 Å². The van der Waals surface area contributed by atoms with E-state index in [1.54, 1.807) is 18.2 Å². The van der Waals surface area contributed by atoms with Gasteiger partial charge in [0.05, 0.1) is 17.3 Å². The van der Waals surface area contributed by atoms with Crippen LogP contribution in [0.4, 0.5) is 11.5 Å². The number of nitrogens with two attached hydrogens (primary N) is 1. The quantitative estimate of drug-likeness (QED) is 0.480. The van der Waals surface area contributed by atoms with E-state index in [1.165, 1.54) is 17.7 Å². The SMILES string of the molecule is CCCCn1c(N)c(N(C)C(=O)CCn2[nH]c(=O)c3ccccc3c2=O)c(=O)[nH]c1=O. The van der Waals surface area contributed by atoms with Crippen molar-refractivity contribution in [3.05, 3.63) is 65.8 Å². The van der Waals surface area contributed by atoms with E-state index >= 15 is 0 Å². The van der Waals surface area contributed by atoms with Crippen LogP contribution in [-0.2, 0) is 17.9 Å². The third-order valence-electron chi connectivity index (χ3n) is 5.09. The van der Waals surface area contributed by atoms with Gasteiger partial charge in [-0.25, -0.2) is 9.48 Å². The van der Waals surface area contributed by atoms with Gasteiger partial charge in [-0.3, -0.25) is 33.8 Å². The number of nitrogen functional groups attached to an aromatic ring is 1. The summed E-state index contributed by atoms with van der Waals surface area (Å²) in [5.74, 6) is -0.617. The highest BCUT2D eigenvalue weighted by Crippen LogP contribution is 2.16. The van der Waals surface area contributed by atoms with Crippen molar-refractivity contribution in [2.45, 2.75) is 39.3 Å². The first-order valence-electron chi connectivity index (χ1n) is 9.87. The van der Waals surface area contributed by atoms with Crippen LogP contribution >= 0.6 is 0 Å². The second-order valence-electron chi connectivity index (χ2n) is 7.14. The lowest BCUT2D eigenvalue weighted by atomic mass is 10.2. The van der Waals surface area contributed by atoms with Crippen molar-refractivity contribution in [2.24, 2.45) is 0 Å². The van der Waals surface area contributed by atoms with Crippen molar-refractivity contribution in [1.82, 2.24) is 19.3 Å². The standard InChI is InChI=1S/C20H24N6O5/c1-3-4-10-25-16(21)15(18(29)22-20(25)31)24(2)14(27)9-11-26-19(30)13-8-6-5-7-12(13)17(28)23-26/h5-8H,3-4,9-11,21H2,1-2H3,(H,23,28)(H,22,29,31). The number of benzene rings is 1. The summed E-state index contributed by atoms with van der Waals surface area (Å²) in [5, 5.41) is 2.97. The lowest BCUT2D eigenvalue weighted by molar-refractivity contribution is -0.118. The molecule has 4 N–H and O–H groups in total. The van der Waals surface area contributed by atoms with Gasteiger partial charge in [-0.1, -0.05) is 25.5 Å². The Hall–Kier alpha value is -3.89. The van der Waals surface area contributed by atoms with Crippen molar-refractivity contribution >= 4 is 28.2 Å². The Bertz CT molecular complexity index is 1360. The lowest BCUT2D eigenvalue weighted by Crippen LogP contribution is -2.40. The second-order valence-corrected chi connectivity index (χ2v) is 7.14. The monoisotopic (exact) mass is 428 g/mol. The average molecular weight is 428 g/mol. The zero-order valence-electron chi connectivity index (χ0n) is 17.3. The van der Waals surface area contributed by atoms with Gasteiger partial charge in [-0.05, 0) is 18.6 Å². The molecule has 0 atom stereocenters. The fraction of sp³-hybridized carbons (Fsp3) is 0.350. The fourth-order valence-electron chi connectivity index (χ4n) is 3.34. The number of unbranched alkanes of at least 4 members (excludes halogenated alkanes) is 1. The first-order valence-corrected chi connectivity index (χ1v) is 9.87. The molecule has 3 aromatic rings. The molecule has 1 amide bonds. The van der Waals surface area contributed by atoms with Crippen molar-refractivity contribution in [3.8, 4) is 0 Å². The molecule has 11 nitrogen and oxygen atoms in total. The zero-order valence-corrected chi connectivity index (χ0v) is 17.3. The van der Waals surface area contributed by atoms with E-state index in [1.807, 2.05) is 6.92 Å². The van der Waals surface area contributed by atoms with Crippen molar-refractivity contribution < 1.29 is 4.79 Å². The third-order valence-corrected chi connectivity index (χ3v) is 5.09. The van der Waals surface area contributed by atoms with Crippen LogP contribution in [0.2, 0.25) is 0 Å². The third kappa shape index (κ3) is 4.20. The molecule has 2 heterocycles. The van der Waals surface area contributed by atoms with Gasteiger partial charge in [0.25, 0.3) is 16.7 Å². The number of aryl methyl sites for hydroxylation is 1. The minimum Gasteiger partial charge on any atom is -0.383 e. The highest BCUT2D eigenvalue weighted by Gasteiger charge is 2.21. The van der Waals surface area contributed by atoms with Crippen LogP contribution in [0, 0.1) is 0 Å². The van der Waals surface area contributed by atoms with E-state index in [4.69, 9.17) is 5.73 Å². The summed E-state index contributed by atoms with van der Waals surface area (Å²) in [6, 6.07) is 6.38. The highest BCUT2D eigenvalue weighted by atomic mass is 16.2. The minimum atomic E-state index is -0.776. The Morgan fingerprint density at radius 3 is 2.42 bits per heavy atom. The summed E-state index contributed by atoms with van der Waals surface area (Å²) < 4.78 is 2.28. The van der Waals surface area contributed by atoms with E-state index < -0.39 is 28.3 Å². The number of carbonyl (C=O) groups excluding carboxylic acids is 1. The Morgan fingerprint density at radius 2 is 1.74 bits per heavy atom. The van der Waals surface area contributed by atoms with Crippen molar-refractivity contribution in [2.75, 3.05) is 17.7 Å². The topological polar surface area (TPSA) is 156 Å². The number of rotatable bonds is 7. The van der Waals surface area contributed by atoms with Crippen LogP contribution in [0.1, 0.15) is 26.2 Å². The normalized spacial score (nSPS) is 11.0. The molecular weight excluding hydrogens is 404 g/mol. The van der Waals surface area contributed by atoms with Crippen LogP contribution in [0.5, 0.6) is 0 Å². The number of aromatic nitrogens is 4. The Kier molecular flexibility index (Phi) is 6.23. The number of carbonyl (C=O) groups is 1. The number of amides is 1. The predicted octanol–water partition coefficient (Wildman–Crippen LogP) is -0.0248. The first kappa shape index (κ1) is 21.8. The van der Waals surface area contributed by atoms with E-state index in [0.29, 0.717) is 13.0 Å². The number of anilines is 2. The number of H-pyrrole nitrogens is 2. The number of hydrogen-bond acceptors (Lipinski definition) is 6. The Morgan fingerprint density at radius 1 is 1.06 bits per heavy atom. The van der Waals surface area contributed by atoms with Gasteiger partial charge in [0.15, 0.2) is 5.69 Å². The molecule has 164 valence electrons. The van der Waals surface area contributed by atoms with E-state index in [2.05, 4.69) is 10.1 Å². The summed E-state index contributed by atoms with van der Waals surface area (Å²) >= 11 is 0. The summed E-state index contributed by atoms with van der Waals surface area (Å²) in [7, 11) is 1.36. The molecule has 0 spiro atoms. The molecule has 0 saturated carbocycles. The maximum Gasteiger partial charge on any atom is 0.330 e. The van der Waals surface area contributed by atoms with E-state index in [-0.39, 0.29) is 35.2 Å². The lowest BCUT2D eigenvalue weighted by Gasteiger charge is -2.20. The van der Waals surface area contributed by atoms with Gasteiger partial charge < -0.3 is 10.6 Å². The van der Waals surface area contributed by atoms with Gasteiger partial charge in [0, 0.05) is 20.0 Å². The van der Waals surface area contributed by atoms with E-state index in [9.17, 15) is 24.0 Å². The largest absolute Gasteiger partial charge is 0.383 e. The highest BCUT2D eigenvalue weighted by molar-refractivity contribution is 5.95. The molecule has 0 bridgehead atoms. The molecule has 0 unspecified atom stereocenters. The summed E-state index contributed by atoms with van der Waals surface area (Å²) in [6.45, 7) is 2.15. The van der Waals surface area contributed by atoms with Crippen molar-refractivity contribution in [3.63, 3.8) is 0 Å². The summed E-state index contributed by atoms with van der Waals surface area (Å²) in [6.07, 6.45) is 1.30. The summed E-state index contributed by atoms with van der Waals surface area (Å²) in [4.78, 5) is 65.1. The van der Waals surface area contributed by atoms with Crippen molar-refractivity contribution in [1.29, 1.82) is 0 Å². The number of nitrogens with one attached hydrogen (secondary N) is 2. The molecule has 0 aliphatic heterocycles. The van der Waals surface area contributed by atoms with Crippen LogP contribution in [0.25, 0.3) is 10.8 Å². The molecular formula is C20H24N6O5. The number of hydrogen-bond donors (Lipinski definition) is 3. The molecule has 31 heavy (non-hydrogen) atoms. The molecule has 0 aliphatic rings. The number of nitrogens with zero attached hydrogens (tertiary/aromatic N) is 3. The number of aromatic amines is 2. The smallest absolute Gasteiger partial charge is 0.330 e. The Labute approximate surface area is 175 Å². The first-order chi connectivity index (χ1) is 14.8. The van der Waals surface area contributed by atoms with Gasteiger partial charge in [-0.15, -0.1) is 0 Å². The minimum absolute atomic E-state index is 0.102. The van der Waals surface area contributed by atoms with Crippen LogP contribution in [-0.4, -0.2) is 32.3 Å². The van der Waals surface area contributed by atoms with Crippen LogP contribution in [0.3, 0.4) is 0 Å². The summed E-state index contributed by atoms with van der Waals surface area (Å²) in [5.41, 5.74) is 3.59. The molecule has 3 rings (SSSR count). The Balaban J connectivity index is 1.87. The molecule has 0 saturated heterocycles. The molecule has 2 aromatic heterocycles. The molecule has 0 radical (unpaired) electrons. The van der Waals surface area contributed by atoms with Crippen LogP contribution < -0.4 is 33.0 Å². The molecule has 0 fully saturated rings. The molecule has 11 heteroatoms. The fourth-order valence-corrected chi connectivity index (χ4v) is 3.34. The predicted molar refractivity (Wildman–Crippen MR) is 117 cm³/mol. The van der Waals surface area contributed by atoms with Gasteiger partial charge in [-0.2, -0.15) is 0 Å². The second kappa shape index (κ2) is 8.86. The van der Waals surface area contributed by atoms with Gasteiger partial charge >= 0.3 is 5.69 Å². The van der Waals surface area contributed by atoms with Gasteiger partial charge in [0.1, 0.15) is 5.82 Å². The maximum atomic E-state index is 12.7. The van der Waals surface area contributed by atoms with E-state index in [0.717, 1.165) is 16.0 Å². The number of fused-ring (bicyclic) bond motifs is 1. The average Bonchev–Trinajstić information content (AvgIpc) is 2.74. The van der Waals surface area contributed by atoms with Crippen LogP contribution in [0.15, 0.2) is 43.4 Å². The molecule has 1 aromatic carbocycles. The molecule has 0 aliphatic carbocycles. The maximum absolute atomic E-state index is 12.7. The zero-order chi connectivity index (χ0) is 22.7.